The van der Waals surface area contributed by atoms with E-state index in [2.05, 4.69) is 10.3 Å². The zero-order valence-corrected chi connectivity index (χ0v) is 18.1. The standard InChI is InChI=1S/C25H18N4O3S/c26-22-25(31)29(17-10-7-13-19(14-17)32-18-11-5-2-6-12-18)20-15-21(33-24(20)28-22)23(30)27-16-8-3-1-4-9-16/h1-15H,(H2,26,28)(H,27,30). The monoisotopic (exact) mass is 454 g/mol. The molecule has 0 atom stereocenters. The molecule has 0 fully saturated rings. The Morgan fingerprint density at radius 1 is 0.909 bits per heavy atom. The zero-order valence-electron chi connectivity index (χ0n) is 17.3. The highest BCUT2D eigenvalue weighted by Gasteiger charge is 2.18. The van der Waals surface area contributed by atoms with Gasteiger partial charge in [0.15, 0.2) is 5.82 Å². The lowest BCUT2D eigenvalue weighted by atomic mass is 10.2. The van der Waals surface area contributed by atoms with E-state index in [1.54, 1.807) is 42.5 Å². The summed E-state index contributed by atoms with van der Waals surface area (Å²) < 4.78 is 7.36. The number of benzene rings is 3. The smallest absolute Gasteiger partial charge is 0.298 e. The SMILES string of the molecule is Nc1nc2sc(C(=O)Nc3ccccc3)cc2n(-c2cccc(Oc3ccccc3)c2)c1=O. The molecule has 0 saturated heterocycles. The van der Waals surface area contributed by atoms with Crippen LogP contribution in [0.3, 0.4) is 0 Å². The molecule has 162 valence electrons. The number of aromatic nitrogens is 2. The molecule has 5 rings (SSSR count). The fourth-order valence-corrected chi connectivity index (χ4v) is 4.31. The Bertz CT molecular complexity index is 1510. The van der Waals surface area contributed by atoms with Gasteiger partial charge in [0.1, 0.15) is 16.3 Å². The molecule has 0 aliphatic heterocycles. The fraction of sp³-hybridized carbons (Fsp3) is 0. The Morgan fingerprint density at radius 2 is 1.61 bits per heavy atom. The molecule has 2 aromatic heterocycles. The van der Waals surface area contributed by atoms with Gasteiger partial charge in [0.05, 0.1) is 16.1 Å². The second kappa shape index (κ2) is 8.60. The largest absolute Gasteiger partial charge is 0.457 e. The number of anilines is 2. The molecule has 0 spiro atoms. The second-order valence-electron chi connectivity index (χ2n) is 7.17. The normalized spacial score (nSPS) is 10.8. The van der Waals surface area contributed by atoms with E-state index < -0.39 is 5.56 Å². The van der Waals surface area contributed by atoms with Gasteiger partial charge in [0, 0.05) is 11.8 Å². The van der Waals surface area contributed by atoms with Crippen molar-refractivity contribution in [2.75, 3.05) is 11.1 Å². The minimum Gasteiger partial charge on any atom is -0.457 e. The van der Waals surface area contributed by atoms with Crippen LogP contribution in [-0.4, -0.2) is 15.5 Å². The van der Waals surface area contributed by atoms with E-state index in [-0.39, 0.29) is 11.7 Å². The molecule has 8 heteroatoms. The van der Waals surface area contributed by atoms with Gasteiger partial charge < -0.3 is 15.8 Å². The van der Waals surface area contributed by atoms with E-state index in [9.17, 15) is 9.59 Å². The molecule has 0 bridgehead atoms. The summed E-state index contributed by atoms with van der Waals surface area (Å²) in [5.41, 5.74) is 7.19. The number of nitrogen functional groups attached to an aromatic ring is 1. The van der Waals surface area contributed by atoms with E-state index in [0.29, 0.717) is 38.1 Å². The number of fused-ring (bicyclic) bond motifs is 1. The van der Waals surface area contributed by atoms with Crippen LogP contribution in [-0.2, 0) is 0 Å². The highest BCUT2D eigenvalue weighted by atomic mass is 32.1. The van der Waals surface area contributed by atoms with Crippen molar-refractivity contribution in [2.45, 2.75) is 0 Å². The number of rotatable bonds is 5. The van der Waals surface area contributed by atoms with Crippen LogP contribution in [0.25, 0.3) is 16.0 Å². The number of nitrogens with zero attached hydrogens (tertiary/aromatic N) is 2. The van der Waals surface area contributed by atoms with Gasteiger partial charge in [-0.15, -0.1) is 11.3 Å². The number of amides is 1. The van der Waals surface area contributed by atoms with Crippen LogP contribution >= 0.6 is 11.3 Å². The Morgan fingerprint density at radius 3 is 2.36 bits per heavy atom. The van der Waals surface area contributed by atoms with Crippen molar-refractivity contribution in [3.05, 3.63) is 106 Å². The van der Waals surface area contributed by atoms with E-state index in [0.717, 1.165) is 0 Å². The van der Waals surface area contributed by atoms with E-state index in [4.69, 9.17) is 10.5 Å². The number of hydrogen-bond donors (Lipinski definition) is 2. The minimum atomic E-state index is -0.466. The molecule has 33 heavy (non-hydrogen) atoms. The highest BCUT2D eigenvalue weighted by molar-refractivity contribution is 7.20. The van der Waals surface area contributed by atoms with Gasteiger partial charge >= 0.3 is 0 Å². The van der Waals surface area contributed by atoms with Gasteiger partial charge in [-0.25, -0.2) is 4.98 Å². The van der Waals surface area contributed by atoms with Crippen molar-refractivity contribution in [3.8, 4) is 17.2 Å². The molecule has 0 unspecified atom stereocenters. The molecule has 0 radical (unpaired) electrons. The Kier molecular flexibility index (Phi) is 5.34. The number of hydrogen-bond acceptors (Lipinski definition) is 6. The predicted molar refractivity (Wildman–Crippen MR) is 131 cm³/mol. The number of thiophene rings is 1. The molecule has 3 aromatic carbocycles. The molecule has 3 N–H and O–H groups in total. The third-order valence-electron chi connectivity index (χ3n) is 4.89. The van der Waals surface area contributed by atoms with Crippen molar-refractivity contribution in [1.82, 2.24) is 9.55 Å². The van der Waals surface area contributed by atoms with Crippen molar-refractivity contribution < 1.29 is 9.53 Å². The number of para-hydroxylation sites is 2. The molecule has 2 heterocycles. The third kappa shape index (κ3) is 4.19. The number of ether oxygens (including phenoxy) is 1. The summed E-state index contributed by atoms with van der Waals surface area (Å²) in [6, 6.07) is 27.3. The molecular formula is C25H18N4O3S. The molecule has 0 aliphatic carbocycles. The van der Waals surface area contributed by atoms with Crippen molar-refractivity contribution in [2.24, 2.45) is 0 Å². The summed E-state index contributed by atoms with van der Waals surface area (Å²) >= 11 is 1.17. The van der Waals surface area contributed by atoms with E-state index >= 15 is 0 Å². The number of carbonyl (C=O) groups is 1. The second-order valence-corrected chi connectivity index (χ2v) is 8.20. The van der Waals surface area contributed by atoms with Gasteiger partial charge in [-0.3, -0.25) is 14.2 Å². The molecule has 5 aromatic rings. The lowest BCUT2D eigenvalue weighted by molar-refractivity contribution is 0.103. The zero-order chi connectivity index (χ0) is 22.8. The van der Waals surface area contributed by atoms with Gasteiger partial charge in [0.2, 0.25) is 0 Å². The van der Waals surface area contributed by atoms with Crippen LogP contribution in [0.1, 0.15) is 9.67 Å². The summed E-state index contributed by atoms with van der Waals surface area (Å²) in [7, 11) is 0. The first-order valence-electron chi connectivity index (χ1n) is 10.1. The van der Waals surface area contributed by atoms with Gasteiger partial charge in [0.25, 0.3) is 11.5 Å². The first kappa shape index (κ1) is 20.5. The molecule has 7 nitrogen and oxygen atoms in total. The summed E-state index contributed by atoms with van der Waals surface area (Å²) in [6.45, 7) is 0. The summed E-state index contributed by atoms with van der Waals surface area (Å²) in [6.07, 6.45) is 0. The van der Waals surface area contributed by atoms with Crippen LogP contribution in [0.4, 0.5) is 11.5 Å². The van der Waals surface area contributed by atoms with Gasteiger partial charge in [-0.1, -0.05) is 42.5 Å². The Hall–Kier alpha value is -4.43. The topological polar surface area (TPSA) is 99.2 Å². The first-order valence-corrected chi connectivity index (χ1v) is 10.9. The average molecular weight is 455 g/mol. The molecular weight excluding hydrogens is 436 g/mol. The lowest BCUT2D eigenvalue weighted by Gasteiger charge is -2.11. The van der Waals surface area contributed by atoms with Crippen molar-refractivity contribution in [1.29, 1.82) is 0 Å². The number of carbonyl (C=O) groups excluding carboxylic acids is 1. The Balaban J connectivity index is 1.55. The lowest BCUT2D eigenvalue weighted by Crippen LogP contribution is -2.22. The van der Waals surface area contributed by atoms with Crippen molar-refractivity contribution in [3.63, 3.8) is 0 Å². The van der Waals surface area contributed by atoms with E-state index in [1.807, 2.05) is 48.5 Å². The maximum atomic E-state index is 13.0. The predicted octanol–water partition coefficient (Wildman–Crippen LogP) is 5.07. The van der Waals surface area contributed by atoms with Gasteiger partial charge in [-0.2, -0.15) is 0 Å². The molecule has 0 saturated carbocycles. The van der Waals surface area contributed by atoms with Crippen molar-refractivity contribution >= 4 is 39.1 Å². The Labute approximate surface area is 192 Å². The van der Waals surface area contributed by atoms with Crippen LogP contribution in [0.2, 0.25) is 0 Å². The van der Waals surface area contributed by atoms with Crippen LogP contribution in [0.5, 0.6) is 11.5 Å². The number of nitrogens with one attached hydrogen (secondary N) is 1. The first-order chi connectivity index (χ1) is 16.1. The van der Waals surface area contributed by atoms with Crippen LogP contribution in [0, 0.1) is 0 Å². The third-order valence-corrected chi connectivity index (χ3v) is 5.91. The summed E-state index contributed by atoms with van der Waals surface area (Å²) in [4.78, 5) is 30.9. The van der Waals surface area contributed by atoms with E-state index in [1.165, 1.54) is 15.9 Å². The molecule has 1 amide bonds. The number of nitrogens with two attached hydrogens (primary N) is 1. The summed E-state index contributed by atoms with van der Waals surface area (Å²) in [5, 5.41) is 2.85. The van der Waals surface area contributed by atoms with Crippen LogP contribution < -0.4 is 21.3 Å². The average Bonchev–Trinajstić information content (AvgIpc) is 3.25. The highest BCUT2D eigenvalue weighted by Crippen LogP contribution is 2.28. The fourth-order valence-electron chi connectivity index (χ4n) is 3.39. The maximum absolute atomic E-state index is 13.0. The molecule has 0 aliphatic rings. The maximum Gasteiger partial charge on any atom is 0.298 e. The van der Waals surface area contributed by atoms with Gasteiger partial charge in [-0.05, 0) is 42.5 Å². The summed E-state index contributed by atoms with van der Waals surface area (Å²) in [5.74, 6) is 0.805. The van der Waals surface area contributed by atoms with Crippen LogP contribution in [0.15, 0.2) is 95.8 Å². The minimum absolute atomic E-state index is 0.145. The quantitative estimate of drug-likeness (QED) is 0.386.